The zero-order valence-corrected chi connectivity index (χ0v) is 25.0. The lowest BCUT2D eigenvalue weighted by atomic mass is 9.84. The maximum Gasteiger partial charge on any atom is 0.336 e. The van der Waals surface area contributed by atoms with Crippen LogP contribution in [-0.4, -0.2) is 34.0 Å². The fourth-order valence-corrected chi connectivity index (χ4v) is 6.34. The standard InChI is InChI=1S/C36H20Cl2N2O6/c37-17-1-5-19(6-2-17)39-33(41)25-13-9-21-23-11-15-27(35(43)44)32-28(36(45)46)16-12-24(30(23)32)22-10-14-26(31(25)29(21)22)34(42)40-20-7-3-18(38)4-8-20/h1-16H,(H,39,41)(H,40,42)(H,43,44)(H,45,46). The molecule has 0 aliphatic rings. The van der Waals surface area contributed by atoms with E-state index in [1.54, 1.807) is 84.9 Å². The smallest absolute Gasteiger partial charge is 0.336 e. The number of carboxylic acid groups (broad SMARTS) is 2. The van der Waals surface area contributed by atoms with Gasteiger partial charge in [0.2, 0.25) is 0 Å². The highest BCUT2D eigenvalue weighted by atomic mass is 35.5. The first-order valence-electron chi connectivity index (χ1n) is 13.9. The lowest BCUT2D eigenvalue weighted by Crippen LogP contribution is -2.17. The SMILES string of the molecule is O=C(O)c1ccc2c3ccc(C(=O)Nc4ccc(Cl)cc4)c4c(C(=O)Nc5ccc(Cl)cc5)ccc(c5ccc(C(=O)O)c1c25)c43. The van der Waals surface area contributed by atoms with E-state index in [2.05, 4.69) is 10.6 Å². The number of hydrogen-bond donors (Lipinski definition) is 4. The van der Waals surface area contributed by atoms with Gasteiger partial charge in [-0.05, 0) is 105 Å². The number of fused-ring (bicyclic) bond motifs is 2. The number of halogens is 2. The Hall–Kier alpha value is -5.70. The fourth-order valence-electron chi connectivity index (χ4n) is 6.09. The molecule has 0 radical (unpaired) electrons. The van der Waals surface area contributed by atoms with Crippen LogP contribution in [0, 0.1) is 0 Å². The van der Waals surface area contributed by atoms with Crippen LogP contribution >= 0.6 is 23.2 Å². The highest BCUT2D eigenvalue weighted by Crippen LogP contribution is 2.44. The normalized spacial score (nSPS) is 11.3. The minimum Gasteiger partial charge on any atom is -0.478 e. The van der Waals surface area contributed by atoms with Crippen molar-refractivity contribution in [3.8, 4) is 0 Å². The predicted octanol–water partition coefficient (Wildman–Crippen LogP) is 8.94. The summed E-state index contributed by atoms with van der Waals surface area (Å²) in [6.45, 7) is 0. The summed E-state index contributed by atoms with van der Waals surface area (Å²) in [5.41, 5.74) is 1.16. The van der Waals surface area contributed by atoms with E-state index in [4.69, 9.17) is 23.2 Å². The van der Waals surface area contributed by atoms with Gasteiger partial charge in [0.25, 0.3) is 11.8 Å². The van der Waals surface area contributed by atoms with Crippen LogP contribution in [0.25, 0.3) is 43.1 Å². The van der Waals surface area contributed by atoms with Gasteiger partial charge in [0.1, 0.15) is 0 Å². The molecule has 7 aromatic rings. The molecule has 4 N–H and O–H groups in total. The van der Waals surface area contributed by atoms with Crippen LogP contribution < -0.4 is 10.6 Å². The second-order valence-corrected chi connectivity index (χ2v) is 11.5. The van der Waals surface area contributed by atoms with E-state index in [9.17, 15) is 29.4 Å². The van der Waals surface area contributed by atoms with Crippen molar-refractivity contribution in [2.75, 3.05) is 10.6 Å². The van der Waals surface area contributed by atoms with Crippen LogP contribution in [0.5, 0.6) is 0 Å². The van der Waals surface area contributed by atoms with E-state index in [1.165, 1.54) is 12.1 Å². The topological polar surface area (TPSA) is 133 Å². The largest absolute Gasteiger partial charge is 0.478 e. The minimum atomic E-state index is -1.26. The molecule has 0 aliphatic heterocycles. The molecule has 10 heteroatoms. The lowest BCUT2D eigenvalue weighted by molar-refractivity contribution is 0.0695. The van der Waals surface area contributed by atoms with Crippen LogP contribution in [0.15, 0.2) is 97.1 Å². The Morgan fingerprint density at radius 1 is 0.413 bits per heavy atom. The van der Waals surface area contributed by atoms with Crippen LogP contribution in [0.2, 0.25) is 10.0 Å². The second kappa shape index (κ2) is 11.0. The van der Waals surface area contributed by atoms with Crippen LogP contribution in [0.4, 0.5) is 11.4 Å². The molecular formula is C36H20Cl2N2O6. The first-order chi connectivity index (χ1) is 22.1. The minimum absolute atomic E-state index is 0.0999. The van der Waals surface area contributed by atoms with E-state index in [0.717, 1.165) is 0 Å². The average Bonchev–Trinajstić information content (AvgIpc) is 3.04. The number of hydrogen-bond acceptors (Lipinski definition) is 4. The maximum atomic E-state index is 13.9. The number of rotatable bonds is 6. The Kier molecular flexibility index (Phi) is 6.96. The van der Waals surface area contributed by atoms with Crippen molar-refractivity contribution in [3.05, 3.63) is 129 Å². The number of anilines is 2. The summed E-state index contributed by atoms with van der Waals surface area (Å²) in [5.74, 6) is -3.45. The van der Waals surface area contributed by atoms with Gasteiger partial charge >= 0.3 is 11.9 Å². The highest BCUT2D eigenvalue weighted by Gasteiger charge is 2.26. The first kappa shape index (κ1) is 29.0. The quantitative estimate of drug-likeness (QED) is 0.105. The molecule has 0 aromatic heterocycles. The molecule has 0 heterocycles. The van der Waals surface area contributed by atoms with E-state index >= 15 is 0 Å². The summed E-state index contributed by atoms with van der Waals surface area (Å²) < 4.78 is 0. The van der Waals surface area contributed by atoms with Crippen LogP contribution in [0.3, 0.4) is 0 Å². The summed E-state index contributed by atoms with van der Waals surface area (Å²) in [7, 11) is 0. The fraction of sp³-hybridized carbons (Fsp3) is 0. The van der Waals surface area contributed by atoms with Crippen molar-refractivity contribution in [1.82, 2.24) is 0 Å². The molecule has 0 saturated carbocycles. The number of carbonyl (C=O) groups excluding carboxylic acids is 2. The third-order valence-electron chi connectivity index (χ3n) is 8.06. The monoisotopic (exact) mass is 646 g/mol. The molecule has 0 spiro atoms. The van der Waals surface area contributed by atoms with Gasteiger partial charge in [-0.25, -0.2) is 9.59 Å². The van der Waals surface area contributed by atoms with E-state index in [0.29, 0.717) is 59.1 Å². The zero-order chi connectivity index (χ0) is 32.3. The average molecular weight is 647 g/mol. The summed E-state index contributed by atoms with van der Waals surface area (Å²) in [6, 6.07) is 25.9. The van der Waals surface area contributed by atoms with Crippen LogP contribution in [-0.2, 0) is 0 Å². The Bertz CT molecular complexity index is 2260. The Labute approximate surface area is 270 Å². The van der Waals surface area contributed by atoms with Crippen molar-refractivity contribution < 1.29 is 29.4 Å². The van der Waals surface area contributed by atoms with Crippen LogP contribution in [0.1, 0.15) is 41.4 Å². The van der Waals surface area contributed by atoms with E-state index in [1.807, 2.05) is 0 Å². The summed E-state index contributed by atoms with van der Waals surface area (Å²) in [6.07, 6.45) is 0. The molecule has 0 saturated heterocycles. The van der Waals surface area contributed by atoms with E-state index < -0.39 is 23.8 Å². The number of carbonyl (C=O) groups is 4. The second-order valence-electron chi connectivity index (χ2n) is 10.7. The molecule has 7 aromatic carbocycles. The number of nitrogens with one attached hydrogen (secondary N) is 2. The molecule has 0 aliphatic carbocycles. The Balaban J connectivity index is 1.55. The van der Waals surface area contributed by atoms with Crippen molar-refractivity contribution >= 4 is 101 Å². The van der Waals surface area contributed by atoms with Gasteiger partial charge < -0.3 is 20.8 Å². The lowest BCUT2D eigenvalue weighted by Gasteiger charge is -2.20. The molecule has 0 unspecified atom stereocenters. The van der Waals surface area contributed by atoms with Crippen molar-refractivity contribution in [1.29, 1.82) is 0 Å². The molecule has 8 nitrogen and oxygen atoms in total. The zero-order valence-electron chi connectivity index (χ0n) is 23.5. The highest BCUT2D eigenvalue weighted by molar-refractivity contribution is 6.39. The van der Waals surface area contributed by atoms with Gasteiger partial charge in [-0.2, -0.15) is 0 Å². The predicted molar refractivity (Wildman–Crippen MR) is 180 cm³/mol. The van der Waals surface area contributed by atoms with E-state index in [-0.39, 0.29) is 27.6 Å². The van der Waals surface area contributed by atoms with Crippen molar-refractivity contribution in [3.63, 3.8) is 0 Å². The Morgan fingerprint density at radius 3 is 1.04 bits per heavy atom. The summed E-state index contributed by atoms with van der Waals surface area (Å²) in [4.78, 5) is 52.2. The maximum absolute atomic E-state index is 13.9. The number of amides is 2. The van der Waals surface area contributed by atoms with Gasteiger partial charge in [0.15, 0.2) is 0 Å². The summed E-state index contributed by atoms with van der Waals surface area (Å²) >= 11 is 12.1. The molecule has 224 valence electrons. The Morgan fingerprint density at radius 2 is 0.717 bits per heavy atom. The molecule has 0 fully saturated rings. The number of benzene rings is 7. The molecule has 2 amide bonds. The molecule has 0 atom stereocenters. The first-order valence-corrected chi connectivity index (χ1v) is 14.7. The third kappa shape index (κ3) is 4.72. The third-order valence-corrected chi connectivity index (χ3v) is 8.56. The number of carboxylic acids is 2. The van der Waals surface area contributed by atoms with Gasteiger partial charge in [-0.1, -0.05) is 47.5 Å². The molecule has 0 bridgehead atoms. The van der Waals surface area contributed by atoms with Gasteiger partial charge in [0, 0.05) is 43.3 Å². The molecule has 7 rings (SSSR count). The van der Waals surface area contributed by atoms with Gasteiger partial charge in [-0.15, -0.1) is 0 Å². The summed E-state index contributed by atoms with van der Waals surface area (Å²) in [5, 5.41) is 30.6. The molecule has 46 heavy (non-hydrogen) atoms. The van der Waals surface area contributed by atoms with Gasteiger partial charge in [-0.3, -0.25) is 9.59 Å². The van der Waals surface area contributed by atoms with Crippen molar-refractivity contribution in [2.45, 2.75) is 0 Å². The van der Waals surface area contributed by atoms with Gasteiger partial charge in [0.05, 0.1) is 11.1 Å². The number of aromatic carboxylic acids is 2. The van der Waals surface area contributed by atoms with Crippen molar-refractivity contribution in [2.24, 2.45) is 0 Å². The molecular weight excluding hydrogens is 627 g/mol.